The first-order valence-corrected chi connectivity index (χ1v) is 6.77. The predicted octanol–water partition coefficient (Wildman–Crippen LogP) is 2.64. The van der Waals surface area contributed by atoms with Crippen LogP contribution in [0.4, 0.5) is 10.1 Å². The van der Waals surface area contributed by atoms with Crippen molar-refractivity contribution in [3.05, 3.63) is 39.7 Å². The summed E-state index contributed by atoms with van der Waals surface area (Å²) in [5.41, 5.74) is -0.550. The quantitative estimate of drug-likeness (QED) is 0.512. The van der Waals surface area contributed by atoms with E-state index in [-0.39, 0.29) is 16.1 Å². The van der Waals surface area contributed by atoms with Crippen LogP contribution in [-0.2, 0) is 0 Å². The molecule has 19 heavy (non-hydrogen) atoms. The molecule has 0 heterocycles. The molecular weight excluding hydrogens is 319 g/mol. The van der Waals surface area contributed by atoms with Crippen molar-refractivity contribution in [3.63, 3.8) is 0 Å². The van der Waals surface area contributed by atoms with Crippen molar-refractivity contribution in [3.8, 4) is 0 Å². The Balaban J connectivity index is 2.00. The lowest BCUT2D eigenvalue weighted by Gasteiger charge is -2.10. The van der Waals surface area contributed by atoms with Crippen molar-refractivity contribution in [1.29, 1.82) is 0 Å². The van der Waals surface area contributed by atoms with Crippen LogP contribution in [0.3, 0.4) is 0 Å². The van der Waals surface area contributed by atoms with Crippen LogP contribution in [0.2, 0.25) is 0 Å². The highest BCUT2D eigenvalue weighted by molar-refractivity contribution is 9.09. The third kappa shape index (κ3) is 3.50. The zero-order chi connectivity index (χ0) is 14.0. The standard InChI is InChI=1S/C12H12BrFN2O3/c13-10(7-1-2-7)6-15-12(17)9-4-3-8(16(18)19)5-11(9)14/h3-5,7,10H,1-2,6H2,(H,15,17). The summed E-state index contributed by atoms with van der Waals surface area (Å²) < 4.78 is 13.6. The highest BCUT2D eigenvalue weighted by atomic mass is 79.9. The van der Waals surface area contributed by atoms with Gasteiger partial charge in [-0.05, 0) is 24.8 Å². The molecule has 2 rings (SSSR count). The molecule has 1 unspecified atom stereocenters. The molecule has 7 heteroatoms. The molecule has 1 aliphatic rings. The van der Waals surface area contributed by atoms with Gasteiger partial charge in [0.05, 0.1) is 16.6 Å². The zero-order valence-electron chi connectivity index (χ0n) is 9.94. The first kappa shape index (κ1) is 13.9. The number of nitrogens with one attached hydrogen (secondary N) is 1. The van der Waals surface area contributed by atoms with E-state index in [9.17, 15) is 19.3 Å². The number of non-ortho nitro benzene ring substituents is 1. The second-order valence-electron chi connectivity index (χ2n) is 4.48. The molecule has 0 radical (unpaired) electrons. The van der Waals surface area contributed by atoms with Crippen LogP contribution >= 0.6 is 15.9 Å². The molecule has 1 aliphatic carbocycles. The van der Waals surface area contributed by atoms with E-state index in [0.717, 1.165) is 31.0 Å². The summed E-state index contributed by atoms with van der Waals surface area (Å²) in [5, 5.41) is 13.1. The van der Waals surface area contributed by atoms with E-state index in [1.807, 2.05) is 0 Å². The SMILES string of the molecule is O=C(NCC(Br)C1CC1)c1ccc([N+](=O)[O-])cc1F. The Morgan fingerprint density at radius 2 is 2.26 bits per heavy atom. The third-order valence-electron chi connectivity index (χ3n) is 3.00. The smallest absolute Gasteiger partial charge is 0.272 e. The van der Waals surface area contributed by atoms with Crippen LogP contribution in [0, 0.1) is 21.8 Å². The van der Waals surface area contributed by atoms with Crippen molar-refractivity contribution >= 4 is 27.5 Å². The number of carbonyl (C=O) groups excluding carboxylic acids is 1. The lowest BCUT2D eigenvalue weighted by Crippen LogP contribution is -2.31. The summed E-state index contributed by atoms with van der Waals surface area (Å²) in [6.45, 7) is 0.417. The second kappa shape index (κ2) is 5.64. The van der Waals surface area contributed by atoms with Crippen molar-refractivity contribution in [2.45, 2.75) is 17.7 Å². The van der Waals surface area contributed by atoms with Crippen molar-refractivity contribution < 1.29 is 14.1 Å². The molecule has 0 aromatic heterocycles. The molecule has 0 aliphatic heterocycles. The minimum atomic E-state index is -0.885. The van der Waals surface area contributed by atoms with Gasteiger partial charge in [-0.15, -0.1) is 0 Å². The summed E-state index contributed by atoms with van der Waals surface area (Å²) in [6, 6.07) is 3.00. The fourth-order valence-corrected chi connectivity index (χ4v) is 2.40. The van der Waals surface area contributed by atoms with Crippen molar-refractivity contribution in [2.24, 2.45) is 5.92 Å². The van der Waals surface area contributed by atoms with E-state index in [1.54, 1.807) is 0 Å². The maximum atomic E-state index is 13.6. The number of carbonyl (C=O) groups is 1. The summed E-state index contributed by atoms with van der Waals surface area (Å²) in [5.74, 6) is -0.872. The molecule has 0 saturated heterocycles. The summed E-state index contributed by atoms with van der Waals surface area (Å²) in [6.07, 6.45) is 2.27. The topological polar surface area (TPSA) is 72.2 Å². The molecule has 1 N–H and O–H groups in total. The first-order valence-electron chi connectivity index (χ1n) is 5.85. The molecular formula is C12H12BrFN2O3. The number of alkyl halides is 1. The maximum Gasteiger partial charge on any atom is 0.272 e. The lowest BCUT2D eigenvalue weighted by atomic mass is 10.1. The van der Waals surface area contributed by atoms with Crippen molar-refractivity contribution in [1.82, 2.24) is 5.32 Å². The van der Waals surface area contributed by atoms with Crippen LogP contribution in [-0.4, -0.2) is 22.2 Å². The molecule has 102 valence electrons. The van der Waals surface area contributed by atoms with Gasteiger partial charge in [-0.25, -0.2) is 4.39 Å². The molecule has 1 aromatic rings. The minimum Gasteiger partial charge on any atom is -0.351 e. The molecule has 1 aromatic carbocycles. The Morgan fingerprint density at radius 3 is 2.79 bits per heavy atom. The lowest BCUT2D eigenvalue weighted by molar-refractivity contribution is -0.385. The Morgan fingerprint density at radius 1 is 1.58 bits per heavy atom. The minimum absolute atomic E-state index is 0.180. The Labute approximate surface area is 117 Å². The summed E-state index contributed by atoms with van der Waals surface area (Å²) >= 11 is 3.46. The molecule has 1 saturated carbocycles. The van der Waals surface area contributed by atoms with E-state index < -0.39 is 16.6 Å². The normalized spacial score (nSPS) is 15.9. The molecule has 0 bridgehead atoms. The third-order valence-corrected chi connectivity index (χ3v) is 4.07. The Bertz CT molecular complexity index is 520. The van der Waals surface area contributed by atoms with Gasteiger partial charge in [0.2, 0.25) is 0 Å². The van der Waals surface area contributed by atoms with Crippen LogP contribution in [0.25, 0.3) is 0 Å². The van der Waals surface area contributed by atoms with Gasteiger partial charge in [0.15, 0.2) is 0 Å². The maximum absolute atomic E-state index is 13.6. The van der Waals surface area contributed by atoms with Gasteiger partial charge in [0.1, 0.15) is 5.82 Å². The van der Waals surface area contributed by atoms with Crippen LogP contribution in [0.15, 0.2) is 18.2 Å². The number of nitro groups is 1. The van der Waals surface area contributed by atoms with E-state index >= 15 is 0 Å². The predicted molar refractivity (Wildman–Crippen MR) is 70.8 cm³/mol. The molecule has 5 nitrogen and oxygen atoms in total. The summed E-state index contributed by atoms with van der Waals surface area (Å²) in [7, 11) is 0. The number of hydrogen-bond acceptors (Lipinski definition) is 3. The number of rotatable bonds is 5. The zero-order valence-corrected chi connectivity index (χ0v) is 11.5. The fraction of sp³-hybridized carbons (Fsp3) is 0.417. The number of amides is 1. The molecule has 0 spiro atoms. The number of halogens is 2. The van der Waals surface area contributed by atoms with Gasteiger partial charge in [0.25, 0.3) is 11.6 Å². The van der Waals surface area contributed by atoms with Crippen LogP contribution in [0.5, 0.6) is 0 Å². The number of benzene rings is 1. The fourth-order valence-electron chi connectivity index (χ4n) is 1.71. The van der Waals surface area contributed by atoms with Crippen LogP contribution in [0.1, 0.15) is 23.2 Å². The van der Waals surface area contributed by atoms with E-state index in [2.05, 4.69) is 21.2 Å². The van der Waals surface area contributed by atoms with E-state index in [1.165, 1.54) is 0 Å². The number of hydrogen-bond donors (Lipinski definition) is 1. The molecule has 1 atom stereocenters. The molecule has 1 amide bonds. The Kier molecular flexibility index (Phi) is 4.14. The first-order chi connectivity index (χ1) is 8.99. The van der Waals surface area contributed by atoms with Crippen LogP contribution < -0.4 is 5.32 Å². The van der Waals surface area contributed by atoms with Gasteiger partial charge < -0.3 is 5.32 Å². The van der Waals surface area contributed by atoms with Gasteiger partial charge in [0, 0.05) is 17.4 Å². The summed E-state index contributed by atoms with van der Waals surface area (Å²) in [4.78, 5) is 21.7. The van der Waals surface area contributed by atoms with Gasteiger partial charge in [-0.2, -0.15) is 0 Å². The molecule has 1 fully saturated rings. The number of nitro benzene ring substituents is 1. The second-order valence-corrected chi connectivity index (χ2v) is 5.66. The Hall–Kier alpha value is -1.50. The monoisotopic (exact) mass is 330 g/mol. The average molecular weight is 331 g/mol. The highest BCUT2D eigenvalue weighted by Gasteiger charge is 2.29. The van der Waals surface area contributed by atoms with Gasteiger partial charge in [-0.1, -0.05) is 15.9 Å². The van der Waals surface area contributed by atoms with Crippen molar-refractivity contribution in [2.75, 3.05) is 6.54 Å². The van der Waals surface area contributed by atoms with Gasteiger partial charge in [-0.3, -0.25) is 14.9 Å². The largest absolute Gasteiger partial charge is 0.351 e. The van der Waals surface area contributed by atoms with E-state index in [0.29, 0.717) is 12.5 Å². The number of nitrogens with zero attached hydrogens (tertiary/aromatic N) is 1. The van der Waals surface area contributed by atoms with E-state index in [4.69, 9.17) is 0 Å². The van der Waals surface area contributed by atoms with Gasteiger partial charge >= 0.3 is 0 Å². The average Bonchev–Trinajstić information content (AvgIpc) is 3.19. The highest BCUT2D eigenvalue weighted by Crippen LogP contribution is 2.36.